The third kappa shape index (κ3) is 5.03. The Bertz CT molecular complexity index is 222. The van der Waals surface area contributed by atoms with E-state index in [2.05, 4.69) is 21.2 Å². The third-order valence-electron chi connectivity index (χ3n) is 1.77. The third-order valence-corrected chi connectivity index (χ3v) is 2.30. The van der Waals surface area contributed by atoms with Gasteiger partial charge in [0.25, 0.3) is 0 Å². The van der Waals surface area contributed by atoms with Crippen LogP contribution in [0.5, 0.6) is 0 Å². The van der Waals surface area contributed by atoms with Gasteiger partial charge in [0.1, 0.15) is 0 Å². The lowest BCUT2D eigenvalue weighted by atomic mass is 10.3. The van der Waals surface area contributed by atoms with Gasteiger partial charge in [-0.25, -0.2) is 0 Å². The maximum absolute atomic E-state index is 8.67. The van der Waals surface area contributed by atoms with Crippen molar-refractivity contribution in [2.45, 2.75) is 12.5 Å². The molecule has 1 unspecified atom stereocenters. The summed E-state index contributed by atoms with van der Waals surface area (Å²) in [5, 5.41) is 11.7. The van der Waals surface area contributed by atoms with E-state index in [0.717, 1.165) is 24.0 Å². The van der Waals surface area contributed by atoms with Crippen molar-refractivity contribution in [1.82, 2.24) is 5.32 Å². The number of nitrogens with one attached hydrogen (secondary N) is 1. The van der Waals surface area contributed by atoms with Gasteiger partial charge in [0.15, 0.2) is 0 Å². The highest BCUT2D eigenvalue weighted by molar-refractivity contribution is 9.10. The predicted octanol–water partition coefficient (Wildman–Crippen LogP) is 1.79. The zero-order chi connectivity index (χ0) is 9.52. The van der Waals surface area contributed by atoms with Crippen LogP contribution in [0.15, 0.2) is 34.8 Å². The molecule has 1 aliphatic rings. The van der Waals surface area contributed by atoms with E-state index >= 15 is 0 Å². The maximum atomic E-state index is 8.67. The first-order chi connectivity index (χ1) is 6.29. The lowest BCUT2D eigenvalue weighted by molar-refractivity contribution is 0.196. The van der Waals surface area contributed by atoms with Gasteiger partial charge in [0, 0.05) is 11.0 Å². The molecule has 3 heteroatoms. The van der Waals surface area contributed by atoms with E-state index < -0.39 is 0 Å². The van der Waals surface area contributed by atoms with Crippen molar-refractivity contribution in [3.8, 4) is 0 Å². The number of β-amino-alcohol motifs (C(OH)–C–C–N with tert-alkyl or cyclic N) is 1. The summed E-state index contributed by atoms with van der Waals surface area (Å²) in [6.45, 7) is 1.78. The van der Waals surface area contributed by atoms with E-state index in [4.69, 9.17) is 5.11 Å². The number of aliphatic hydroxyl groups is 1. The van der Waals surface area contributed by atoms with Crippen LogP contribution >= 0.6 is 15.9 Å². The summed E-state index contributed by atoms with van der Waals surface area (Å²) in [4.78, 5) is 0. The van der Waals surface area contributed by atoms with Crippen molar-refractivity contribution < 1.29 is 5.11 Å². The average molecular weight is 244 g/mol. The Balaban J connectivity index is 0.000000132. The smallest absolute Gasteiger partial charge is 0.0676 e. The number of hydrogen-bond acceptors (Lipinski definition) is 2. The van der Waals surface area contributed by atoms with Crippen LogP contribution in [0.2, 0.25) is 0 Å². The van der Waals surface area contributed by atoms with Crippen molar-refractivity contribution in [2.75, 3.05) is 13.1 Å². The SMILES string of the molecule is Brc1ccccc1.OC1CCNC1. The first kappa shape index (κ1) is 10.7. The van der Waals surface area contributed by atoms with Gasteiger partial charge in [-0.3, -0.25) is 0 Å². The molecule has 1 atom stereocenters. The molecule has 0 saturated carbocycles. The summed E-state index contributed by atoms with van der Waals surface area (Å²) >= 11 is 3.31. The molecule has 0 aromatic heterocycles. The Labute approximate surface area is 87.1 Å². The summed E-state index contributed by atoms with van der Waals surface area (Å²) in [5.74, 6) is 0. The minimum atomic E-state index is -0.0648. The second-order valence-electron chi connectivity index (χ2n) is 2.94. The summed E-state index contributed by atoms with van der Waals surface area (Å²) < 4.78 is 1.13. The molecule has 0 radical (unpaired) electrons. The Morgan fingerprint density at radius 2 is 2.00 bits per heavy atom. The second kappa shape index (κ2) is 6.13. The first-order valence-corrected chi connectivity index (χ1v) is 5.17. The largest absolute Gasteiger partial charge is 0.392 e. The fraction of sp³-hybridized carbons (Fsp3) is 0.400. The highest BCUT2D eigenvalue weighted by Crippen LogP contribution is 2.05. The van der Waals surface area contributed by atoms with Crippen molar-refractivity contribution in [1.29, 1.82) is 0 Å². The molecule has 1 heterocycles. The van der Waals surface area contributed by atoms with E-state index in [-0.39, 0.29) is 6.10 Å². The normalized spacial score (nSPS) is 20.6. The summed E-state index contributed by atoms with van der Waals surface area (Å²) in [5.41, 5.74) is 0. The number of hydrogen-bond donors (Lipinski definition) is 2. The van der Waals surface area contributed by atoms with Crippen molar-refractivity contribution in [2.24, 2.45) is 0 Å². The molecule has 1 aliphatic heterocycles. The average Bonchev–Trinajstić information content (AvgIpc) is 2.58. The van der Waals surface area contributed by atoms with Crippen LogP contribution in [-0.2, 0) is 0 Å². The molecule has 1 fully saturated rings. The van der Waals surface area contributed by atoms with Gasteiger partial charge >= 0.3 is 0 Å². The van der Waals surface area contributed by atoms with Gasteiger partial charge in [0.2, 0.25) is 0 Å². The molecule has 1 saturated heterocycles. The van der Waals surface area contributed by atoms with E-state index in [9.17, 15) is 0 Å². The van der Waals surface area contributed by atoms with Crippen LogP contribution in [0, 0.1) is 0 Å². The Morgan fingerprint density at radius 3 is 2.23 bits per heavy atom. The molecular weight excluding hydrogens is 230 g/mol. The number of aliphatic hydroxyl groups excluding tert-OH is 1. The van der Waals surface area contributed by atoms with E-state index in [0.29, 0.717) is 0 Å². The Morgan fingerprint density at radius 1 is 1.31 bits per heavy atom. The molecule has 2 N–H and O–H groups in total. The molecule has 13 heavy (non-hydrogen) atoms. The Hall–Kier alpha value is -0.380. The monoisotopic (exact) mass is 243 g/mol. The van der Waals surface area contributed by atoms with Crippen LogP contribution in [0.3, 0.4) is 0 Å². The number of benzene rings is 1. The van der Waals surface area contributed by atoms with Crippen molar-refractivity contribution >= 4 is 15.9 Å². The molecule has 1 aromatic carbocycles. The molecule has 2 rings (SSSR count). The minimum absolute atomic E-state index is 0.0648. The second-order valence-corrected chi connectivity index (χ2v) is 3.86. The molecule has 2 nitrogen and oxygen atoms in total. The van der Waals surface area contributed by atoms with Gasteiger partial charge in [0.05, 0.1) is 6.10 Å². The van der Waals surface area contributed by atoms with E-state index in [1.807, 2.05) is 30.3 Å². The van der Waals surface area contributed by atoms with Gasteiger partial charge in [-0.15, -0.1) is 0 Å². The number of halogens is 1. The van der Waals surface area contributed by atoms with Crippen molar-refractivity contribution in [3.05, 3.63) is 34.8 Å². The van der Waals surface area contributed by atoms with Crippen LogP contribution in [0.4, 0.5) is 0 Å². The molecule has 0 amide bonds. The highest BCUT2D eigenvalue weighted by atomic mass is 79.9. The fourth-order valence-electron chi connectivity index (χ4n) is 1.05. The lowest BCUT2D eigenvalue weighted by Gasteiger charge is -1.90. The fourth-order valence-corrected chi connectivity index (χ4v) is 1.36. The van der Waals surface area contributed by atoms with E-state index in [1.165, 1.54) is 0 Å². The predicted molar refractivity (Wildman–Crippen MR) is 57.6 cm³/mol. The molecule has 0 bridgehead atoms. The zero-order valence-electron chi connectivity index (χ0n) is 7.41. The summed E-state index contributed by atoms with van der Waals surface area (Å²) in [6.07, 6.45) is 0.866. The van der Waals surface area contributed by atoms with Crippen molar-refractivity contribution in [3.63, 3.8) is 0 Å². The topological polar surface area (TPSA) is 32.3 Å². The molecule has 0 spiro atoms. The van der Waals surface area contributed by atoms with Crippen LogP contribution in [0.25, 0.3) is 0 Å². The summed E-state index contributed by atoms with van der Waals surface area (Å²) in [6, 6.07) is 9.97. The first-order valence-electron chi connectivity index (χ1n) is 4.38. The molecule has 72 valence electrons. The lowest BCUT2D eigenvalue weighted by Crippen LogP contribution is -2.11. The summed E-state index contributed by atoms with van der Waals surface area (Å²) in [7, 11) is 0. The zero-order valence-corrected chi connectivity index (χ0v) is 9.00. The van der Waals surface area contributed by atoms with Gasteiger partial charge < -0.3 is 10.4 Å². The van der Waals surface area contributed by atoms with Crippen LogP contribution in [-0.4, -0.2) is 24.3 Å². The molecule has 0 aliphatic carbocycles. The molecule has 1 aromatic rings. The van der Waals surface area contributed by atoms with Gasteiger partial charge in [-0.2, -0.15) is 0 Å². The quantitative estimate of drug-likeness (QED) is 0.729. The van der Waals surface area contributed by atoms with Gasteiger partial charge in [-0.05, 0) is 25.1 Å². The minimum Gasteiger partial charge on any atom is -0.392 e. The number of rotatable bonds is 0. The molecular formula is C10H14BrNO. The van der Waals surface area contributed by atoms with E-state index in [1.54, 1.807) is 0 Å². The highest BCUT2D eigenvalue weighted by Gasteiger charge is 2.08. The van der Waals surface area contributed by atoms with Crippen LogP contribution < -0.4 is 5.32 Å². The van der Waals surface area contributed by atoms with Gasteiger partial charge in [-0.1, -0.05) is 34.1 Å². The maximum Gasteiger partial charge on any atom is 0.0676 e. The standard InChI is InChI=1S/C6H5Br.C4H9NO/c7-6-4-2-1-3-5-6;6-4-1-2-5-3-4/h1-5H;4-6H,1-3H2. The van der Waals surface area contributed by atoms with Crippen LogP contribution in [0.1, 0.15) is 6.42 Å². The Kier molecular flexibility index (Phi) is 5.05.